The number of ether oxygens (including phenoxy) is 2. The van der Waals surface area contributed by atoms with Crippen LogP contribution in [0, 0.1) is 20.2 Å². The Bertz CT molecular complexity index is 1450. The molecule has 12 heteroatoms. The normalized spacial score (nSPS) is 17.4. The van der Waals surface area contributed by atoms with Gasteiger partial charge in [-0.05, 0) is 56.4 Å². The zero-order valence-electron chi connectivity index (χ0n) is 21.0. The van der Waals surface area contributed by atoms with E-state index in [2.05, 4.69) is 5.32 Å². The number of nitrogens with one attached hydrogen (secondary N) is 1. The van der Waals surface area contributed by atoms with Crippen molar-refractivity contribution in [1.29, 1.82) is 0 Å². The van der Waals surface area contributed by atoms with E-state index >= 15 is 0 Å². The van der Waals surface area contributed by atoms with Crippen LogP contribution >= 0.6 is 11.6 Å². The summed E-state index contributed by atoms with van der Waals surface area (Å²) in [6.45, 7) is 1.93. The zero-order valence-corrected chi connectivity index (χ0v) is 21.7. The molecule has 1 heterocycles. The second-order valence-electron chi connectivity index (χ2n) is 9.43. The fourth-order valence-electron chi connectivity index (χ4n) is 5.39. The third kappa shape index (κ3) is 4.85. The molecule has 2 aliphatic carbocycles. The number of dihydropyridines is 1. The first-order valence-corrected chi connectivity index (χ1v) is 12.9. The van der Waals surface area contributed by atoms with Crippen LogP contribution in [0.15, 0.2) is 52.9 Å². The topological polar surface area (TPSA) is 151 Å². The second-order valence-corrected chi connectivity index (χ2v) is 9.83. The third-order valence-corrected chi connectivity index (χ3v) is 7.30. The lowest BCUT2D eigenvalue weighted by Gasteiger charge is -2.37. The number of nitro groups is 2. The first-order valence-electron chi connectivity index (χ1n) is 12.6. The van der Waals surface area contributed by atoms with Gasteiger partial charge < -0.3 is 14.8 Å². The molecule has 0 radical (unpaired) electrons. The van der Waals surface area contributed by atoms with Crippen LogP contribution in [0.25, 0.3) is 0 Å². The number of carbonyl (C=O) groups is 2. The Hall–Kier alpha value is -4.25. The van der Waals surface area contributed by atoms with Gasteiger partial charge >= 0.3 is 5.69 Å². The number of benzene rings is 2. The molecule has 0 bridgehead atoms. The molecule has 0 saturated heterocycles. The highest BCUT2D eigenvalue weighted by Crippen LogP contribution is 2.49. The maximum atomic E-state index is 13.1. The van der Waals surface area contributed by atoms with Crippen LogP contribution in [-0.4, -0.2) is 28.0 Å². The summed E-state index contributed by atoms with van der Waals surface area (Å²) in [5, 5.41) is 26.1. The largest absolute Gasteiger partial charge is 0.490 e. The average Bonchev–Trinajstić information content (AvgIpc) is 2.89. The summed E-state index contributed by atoms with van der Waals surface area (Å²) in [4.78, 5) is 47.5. The Labute approximate surface area is 227 Å². The molecule has 0 atom stereocenters. The molecule has 1 N–H and O–H groups in total. The zero-order chi connectivity index (χ0) is 27.8. The highest BCUT2D eigenvalue weighted by atomic mass is 35.5. The number of nitro benzene ring substituents is 2. The summed E-state index contributed by atoms with van der Waals surface area (Å²) >= 11 is 6.68. The molecule has 1 aliphatic heterocycles. The molecular formula is C27H24ClN3O8. The van der Waals surface area contributed by atoms with Crippen LogP contribution in [0.5, 0.6) is 17.2 Å². The number of non-ortho nitro benzene ring substituents is 1. The van der Waals surface area contributed by atoms with E-state index in [1.54, 1.807) is 19.1 Å². The molecule has 0 fully saturated rings. The van der Waals surface area contributed by atoms with Crippen molar-refractivity contribution in [2.45, 2.75) is 51.4 Å². The fourth-order valence-corrected chi connectivity index (χ4v) is 5.65. The van der Waals surface area contributed by atoms with Gasteiger partial charge in [0, 0.05) is 47.4 Å². The van der Waals surface area contributed by atoms with Crippen LogP contribution < -0.4 is 14.8 Å². The quantitative estimate of drug-likeness (QED) is 0.319. The van der Waals surface area contributed by atoms with Gasteiger partial charge in [-0.15, -0.1) is 0 Å². The molecule has 202 valence electrons. The molecule has 0 aromatic heterocycles. The van der Waals surface area contributed by atoms with Crippen LogP contribution in [-0.2, 0) is 9.59 Å². The van der Waals surface area contributed by atoms with Gasteiger partial charge in [0.25, 0.3) is 5.69 Å². The van der Waals surface area contributed by atoms with Crippen LogP contribution in [0.2, 0.25) is 5.02 Å². The van der Waals surface area contributed by atoms with Crippen molar-refractivity contribution in [2.75, 3.05) is 6.61 Å². The minimum absolute atomic E-state index is 0.0264. The highest BCUT2D eigenvalue weighted by molar-refractivity contribution is 6.32. The number of carbonyl (C=O) groups excluding carboxylic acids is 2. The van der Waals surface area contributed by atoms with Gasteiger partial charge in [-0.25, -0.2) is 0 Å². The smallest absolute Gasteiger partial charge is 0.318 e. The minimum Gasteiger partial charge on any atom is -0.490 e. The van der Waals surface area contributed by atoms with E-state index < -0.39 is 27.1 Å². The van der Waals surface area contributed by atoms with E-state index in [1.165, 1.54) is 0 Å². The molecule has 0 unspecified atom stereocenters. The van der Waals surface area contributed by atoms with Crippen molar-refractivity contribution in [2.24, 2.45) is 0 Å². The Morgan fingerprint density at radius 3 is 2.13 bits per heavy atom. The van der Waals surface area contributed by atoms with Crippen LogP contribution in [0.1, 0.15) is 56.9 Å². The third-order valence-electron chi connectivity index (χ3n) is 7.02. The van der Waals surface area contributed by atoms with Gasteiger partial charge in [0.2, 0.25) is 5.75 Å². The number of halogens is 1. The average molecular weight is 554 g/mol. The maximum absolute atomic E-state index is 13.1. The summed E-state index contributed by atoms with van der Waals surface area (Å²) in [5.74, 6) is -0.827. The number of ketones is 2. The molecule has 39 heavy (non-hydrogen) atoms. The van der Waals surface area contributed by atoms with E-state index in [4.69, 9.17) is 21.1 Å². The lowest BCUT2D eigenvalue weighted by molar-refractivity contribution is -0.394. The Morgan fingerprint density at radius 2 is 1.56 bits per heavy atom. The number of hydrogen-bond acceptors (Lipinski definition) is 9. The number of rotatable bonds is 7. The maximum Gasteiger partial charge on any atom is 0.318 e. The minimum atomic E-state index is -0.786. The predicted octanol–water partition coefficient (Wildman–Crippen LogP) is 6.05. The SMILES string of the molecule is CCOc1cc(C2C3=C(CCCC3=O)NC3=C2C(=O)CCC3)cc(Cl)c1Oc1ccc([N+](=O)[O-])cc1[N+](=O)[O-]. The predicted molar refractivity (Wildman–Crippen MR) is 140 cm³/mol. The van der Waals surface area contributed by atoms with Crippen molar-refractivity contribution in [3.05, 3.63) is 83.7 Å². The first kappa shape index (κ1) is 26.4. The van der Waals surface area contributed by atoms with Gasteiger partial charge in [-0.2, -0.15) is 0 Å². The van der Waals surface area contributed by atoms with Crippen molar-refractivity contribution in [3.63, 3.8) is 0 Å². The second kappa shape index (κ2) is 10.5. The number of Topliss-reactive ketones (excluding diaryl/α,β-unsaturated/α-hetero) is 2. The Kier molecular flexibility index (Phi) is 7.09. The van der Waals surface area contributed by atoms with Gasteiger partial charge in [0.05, 0.1) is 27.5 Å². The number of nitrogens with zero attached hydrogens (tertiary/aromatic N) is 2. The van der Waals surface area contributed by atoms with Crippen LogP contribution in [0.4, 0.5) is 11.4 Å². The number of allylic oxidation sites excluding steroid dienone is 4. The first-order chi connectivity index (χ1) is 18.7. The molecule has 3 aliphatic rings. The van der Waals surface area contributed by atoms with Gasteiger partial charge in [0.15, 0.2) is 23.1 Å². The summed E-state index contributed by atoms with van der Waals surface area (Å²) in [6, 6.07) is 6.23. The Balaban J connectivity index is 1.63. The molecule has 0 spiro atoms. The molecule has 2 aromatic rings. The van der Waals surface area contributed by atoms with E-state index in [-0.39, 0.29) is 40.4 Å². The van der Waals surface area contributed by atoms with Crippen molar-refractivity contribution < 1.29 is 28.9 Å². The molecule has 0 saturated carbocycles. The summed E-state index contributed by atoms with van der Waals surface area (Å²) in [5.41, 5.74) is 2.23. The molecule has 0 amide bonds. The Morgan fingerprint density at radius 1 is 0.923 bits per heavy atom. The molecule has 11 nitrogen and oxygen atoms in total. The van der Waals surface area contributed by atoms with Gasteiger partial charge in [-0.1, -0.05) is 11.6 Å². The molecule has 5 rings (SSSR count). The van der Waals surface area contributed by atoms with Crippen molar-refractivity contribution >= 4 is 34.5 Å². The van der Waals surface area contributed by atoms with E-state index in [1.807, 2.05) is 0 Å². The fraction of sp³-hybridized carbons (Fsp3) is 0.333. The van der Waals surface area contributed by atoms with E-state index in [0.29, 0.717) is 42.4 Å². The summed E-state index contributed by atoms with van der Waals surface area (Å²) < 4.78 is 11.6. The van der Waals surface area contributed by atoms with Crippen molar-refractivity contribution in [1.82, 2.24) is 5.32 Å². The molecule has 2 aromatic carbocycles. The van der Waals surface area contributed by atoms with Crippen LogP contribution in [0.3, 0.4) is 0 Å². The summed E-state index contributed by atoms with van der Waals surface area (Å²) in [7, 11) is 0. The van der Waals surface area contributed by atoms with E-state index in [0.717, 1.165) is 42.4 Å². The highest BCUT2D eigenvalue weighted by Gasteiger charge is 2.41. The van der Waals surface area contributed by atoms with Gasteiger partial charge in [-0.3, -0.25) is 29.8 Å². The standard InChI is InChI=1S/C27H24ClN3O8/c1-2-38-23-12-14(11-16(28)27(23)39-22-10-9-15(30(34)35)13-19(22)31(36)37)24-25-17(5-3-7-20(25)32)29-18-6-4-8-21(33)26(18)24/h9-13,24,29H,2-8H2,1H3. The number of hydrogen-bond donors (Lipinski definition) is 1. The lowest BCUT2D eigenvalue weighted by Crippen LogP contribution is -2.36. The summed E-state index contributed by atoms with van der Waals surface area (Å²) in [6.07, 6.45) is 3.59. The van der Waals surface area contributed by atoms with Gasteiger partial charge in [0.1, 0.15) is 0 Å². The monoisotopic (exact) mass is 553 g/mol. The van der Waals surface area contributed by atoms with E-state index in [9.17, 15) is 29.8 Å². The van der Waals surface area contributed by atoms with Crippen molar-refractivity contribution in [3.8, 4) is 17.2 Å². The lowest BCUT2D eigenvalue weighted by atomic mass is 9.71. The molecular weight excluding hydrogens is 530 g/mol.